The van der Waals surface area contributed by atoms with Crippen LogP contribution in [0.5, 0.6) is 0 Å². The predicted molar refractivity (Wildman–Crippen MR) is 114 cm³/mol. The summed E-state index contributed by atoms with van der Waals surface area (Å²) in [5.74, 6) is 0.463. The van der Waals surface area contributed by atoms with Crippen molar-refractivity contribution in [2.75, 3.05) is 0 Å². The molecule has 4 aromatic rings. The van der Waals surface area contributed by atoms with E-state index in [2.05, 4.69) is 20.9 Å². The highest BCUT2D eigenvalue weighted by Gasteiger charge is 2.12. The lowest BCUT2D eigenvalue weighted by Crippen LogP contribution is -2.01. The summed E-state index contributed by atoms with van der Waals surface area (Å²) < 4.78 is 6.88. The van der Waals surface area contributed by atoms with Crippen molar-refractivity contribution in [3.8, 4) is 11.3 Å². The minimum Gasteiger partial charge on any atom is -0.478 e. The second-order valence-corrected chi connectivity index (χ2v) is 7.33. The molecule has 0 fully saturated rings. The summed E-state index contributed by atoms with van der Waals surface area (Å²) in [6, 6.07) is 18.8. The zero-order valence-electron chi connectivity index (χ0n) is 15.0. The summed E-state index contributed by atoms with van der Waals surface area (Å²) in [5, 5.41) is 10.2. The highest BCUT2D eigenvalue weighted by atomic mass is 79.9. The van der Waals surface area contributed by atoms with E-state index in [1.807, 2.05) is 55.5 Å². The Hall–Kier alpha value is -3.18. The molecule has 0 aliphatic rings. The highest BCUT2D eigenvalue weighted by molar-refractivity contribution is 9.10. The van der Waals surface area contributed by atoms with Crippen molar-refractivity contribution in [3.05, 3.63) is 87.7 Å². The molecule has 4 nitrogen and oxygen atoms in total. The molecule has 0 amide bonds. The molecule has 28 heavy (non-hydrogen) atoms. The van der Waals surface area contributed by atoms with Crippen molar-refractivity contribution in [3.63, 3.8) is 0 Å². The van der Waals surface area contributed by atoms with E-state index in [1.54, 1.807) is 24.3 Å². The van der Waals surface area contributed by atoms with E-state index < -0.39 is 5.97 Å². The van der Waals surface area contributed by atoms with Gasteiger partial charge >= 0.3 is 5.97 Å². The van der Waals surface area contributed by atoms with Gasteiger partial charge in [-0.05, 0) is 55.0 Å². The Morgan fingerprint density at radius 3 is 2.61 bits per heavy atom. The van der Waals surface area contributed by atoms with Gasteiger partial charge < -0.3 is 9.52 Å². The zero-order valence-corrected chi connectivity index (χ0v) is 16.6. The molecule has 0 saturated heterocycles. The van der Waals surface area contributed by atoms with Crippen LogP contribution in [0.15, 0.2) is 69.6 Å². The van der Waals surface area contributed by atoms with Crippen LogP contribution in [0.4, 0.5) is 0 Å². The molecule has 0 bridgehead atoms. The van der Waals surface area contributed by atoms with Crippen LogP contribution in [0.25, 0.3) is 34.4 Å². The summed E-state index contributed by atoms with van der Waals surface area (Å²) in [5.41, 5.74) is 3.42. The first-order valence-electron chi connectivity index (χ1n) is 8.69. The van der Waals surface area contributed by atoms with Gasteiger partial charge in [-0.2, -0.15) is 0 Å². The Bertz CT molecular complexity index is 1210. The van der Waals surface area contributed by atoms with Crippen molar-refractivity contribution >= 4 is 45.0 Å². The Morgan fingerprint density at radius 2 is 1.86 bits per heavy atom. The fraction of sp³-hybridized carbons (Fsp3) is 0.0435. The Kier molecular flexibility index (Phi) is 4.84. The van der Waals surface area contributed by atoms with Crippen LogP contribution in [0.1, 0.15) is 27.4 Å². The number of pyridine rings is 1. The summed E-state index contributed by atoms with van der Waals surface area (Å²) in [7, 11) is 0. The molecule has 2 aromatic carbocycles. The van der Waals surface area contributed by atoms with E-state index in [4.69, 9.17) is 4.42 Å². The molecular weight excluding hydrogens is 418 g/mol. The molecular formula is C23H16BrNO3. The van der Waals surface area contributed by atoms with Crippen LogP contribution >= 0.6 is 15.9 Å². The first-order valence-corrected chi connectivity index (χ1v) is 9.48. The van der Waals surface area contributed by atoms with E-state index in [9.17, 15) is 9.90 Å². The van der Waals surface area contributed by atoms with Crippen LogP contribution in [0.3, 0.4) is 0 Å². The molecule has 1 N–H and O–H groups in total. The maximum Gasteiger partial charge on any atom is 0.336 e. The SMILES string of the molecule is Cc1cccc2c(C(=O)O)cc(C=Cc3ccc(-c4ccc(Br)cc4)o3)nc12. The van der Waals surface area contributed by atoms with Gasteiger partial charge in [0.1, 0.15) is 11.5 Å². The molecule has 138 valence electrons. The molecule has 2 heterocycles. The van der Waals surface area contributed by atoms with Crippen molar-refractivity contribution in [1.82, 2.24) is 4.98 Å². The van der Waals surface area contributed by atoms with E-state index in [-0.39, 0.29) is 5.56 Å². The number of carboxylic acids is 1. The average Bonchev–Trinajstić information content (AvgIpc) is 3.16. The van der Waals surface area contributed by atoms with E-state index >= 15 is 0 Å². The summed E-state index contributed by atoms with van der Waals surface area (Å²) in [4.78, 5) is 16.3. The molecule has 0 aliphatic heterocycles. The zero-order chi connectivity index (χ0) is 19.7. The second kappa shape index (κ2) is 7.44. The Labute approximate surface area is 170 Å². The van der Waals surface area contributed by atoms with Gasteiger partial charge in [-0.1, -0.05) is 46.3 Å². The van der Waals surface area contributed by atoms with E-state index in [1.165, 1.54) is 0 Å². The second-order valence-electron chi connectivity index (χ2n) is 6.41. The lowest BCUT2D eigenvalue weighted by molar-refractivity contribution is 0.0699. The molecule has 0 radical (unpaired) electrons. The van der Waals surface area contributed by atoms with Crippen molar-refractivity contribution in [2.45, 2.75) is 6.92 Å². The number of aryl methyl sites for hydroxylation is 1. The summed E-state index contributed by atoms with van der Waals surface area (Å²) in [6.45, 7) is 1.92. The number of carbonyl (C=O) groups is 1. The largest absolute Gasteiger partial charge is 0.478 e. The van der Waals surface area contributed by atoms with Crippen molar-refractivity contribution in [2.24, 2.45) is 0 Å². The van der Waals surface area contributed by atoms with Gasteiger partial charge in [0.2, 0.25) is 0 Å². The number of aromatic nitrogens is 1. The van der Waals surface area contributed by atoms with Gasteiger partial charge in [0, 0.05) is 15.4 Å². The van der Waals surface area contributed by atoms with Gasteiger partial charge in [-0.3, -0.25) is 0 Å². The number of nitrogens with zero attached hydrogens (tertiary/aromatic N) is 1. The molecule has 4 rings (SSSR count). The number of para-hydroxylation sites is 1. The molecule has 0 unspecified atom stereocenters. The molecule has 0 saturated carbocycles. The molecule has 5 heteroatoms. The number of furan rings is 1. The fourth-order valence-electron chi connectivity index (χ4n) is 3.05. The number of hydrogen-bond acceptors (Lipinski definition) is 3. The van der Waals surface area contributed by atoms with Crippen molar-refractivity contribution in [1.29, 1.82) is 0 Å². The van der Waals surface area contributed by atoms with Crippen LogP contribution < -0.4 is 0 Å². The monoisotopic (exact) mass is 433 g/mol. The number of halogens is 1. The van der Waals surface area contributed by atoms with E-state index in [0.717, 1.165) is 21.4 Å². The number of fused-ring (bicyclic) bond motifs is 1. The molecule has 2 aromatic heterocycles. The molecule has 0 spiro atoms. The Balaban J connectivity index is 1.68. The van der Waals surface area contributed by atoms with Gasteiger partial charge in [0.25, 0.3) is 0 Å². The quantitative estimate of drug-likeness (QED) is 0.402. The lowest BCUT2D eigenvalue weighted by atomic mass is 10.0. The number of carboxylic acid groups (broad SMARTS) is 1. The van der Waals surface area contributed by atoms with Crippen LogP contribution in [0, 0.1) is 6.92 Å². The van der Waals surface area contributed by atoms with Gasteiger partial charge in [-0.25, -0.2) is 9.78 Å². The van der Waals surface area contributed by atoms with E-state index in [0.29, 0.717) is 22.4 Å². The van der Waals surface area contributed by atoms with Crippen LogP contribution in [0.2, 0.25) is 0 Å². The molecule has 0 atom stereocenters. The lowest BCUT2D eigenvalue weighted by Gasteiger charge is -2.06. The predicted octanol–water partition coefficient (Wildman–Crippen LogP) is 6.43. The van der Waals surface area contributed by atoms with Crippen LogP contribution in [-0.4, -0.2) is 16.1 Å². The number of benzene rings is 2. The fourth-order valence-corrected chi connectivity index (χ4v) is 3.32. The third kappa shape index (κ3) is 3.62. The minimum absolute atomic E-state index is 0.239. The highest BCUT2D eigenvalue weighted by Crippen LogP contribution is 2.26. The van der Waals surface area contributed by atoms with Gasteiger partial charge in [0.05, 0.1) is 16.8 Å². The number of rotatable bonds is 4. The third-order valence-corrected chi connectivity index (χ3v) is 4.99. The average molecular weight is 434 g/mol. The number of aromatic carboxylic acids is 1. The summed E-state index contributed by atoms with van der Waals surface area (Å²) >= 11 is 3.42. The smallest absolute Gasteiger partial charge is 0.336 e. The first-order chi connectivity index (χ1) is 13.5. The standard InChI is InChI=1S/C23H16BrNO3/c1-14-3-2-4-19-20(23(26)27)13-17(25-22(14)19)9-10-18-11-12-21(28-18)15-5-7-16(24)8-6-15/h2-13H,1H3,(H,26,27). The summed E-state index contributed by atoms with van der Waals surface area (Å²) in [6.07, 6.45) is 3.56. The van der Waals surface area contributed by atoms with Crippen molar-refractivity contribution < 1.29 is 14.3 Å². The first kappa shape index (κ1) is 18.2. The minimum atomic E-state index is -0.969. The van der Waals surface area contributed by atoms with Gasteiger partial charge in [-0.15, -0.1) is 0 Å². The maximum absolute atomic E-state index is 11.7. The topological polar surface area (TPSA) is 63.3 Å². The number of hydrogen-bond donors (Lipinski definition) is 1. The molecule has 0 aliphatic carbocycles. The van der Waals surface area contributed by atoms with Gasteiger partial charge in [0.15, 0.2) is 0 Å². The normalized spacial score (nSPS) is 11.4. The van der Waals surface area contributed by atoms with Crippen LogP contribution in [-0.2, 0) is 0 Å². The maximum atomic E-state index is 11.7. The third-order valence-electron chi connectivity index (χ3n) is 4.47. The Morgan fingerprint density at radius 1 is 1.07 bits per heavy atom.